The standard InChI is InChI=1S/C13H20BrN/c1-13(2,10-14)12-7-5-6-11(8-12)9-15(3)4/h5-8H,9-10H2,1-4H3. The number of hydrogen-bond acceptors (Lipinski definition) is 1. The molecule has 0 radical (unpaired) electrons. The Balaban J connectivity index is 2.92. The van der Waals surface area contributed by atoms with Gasteiger partial charge in [-0.15, -0.1) is 0 Å². The molecule has 1 aromatic rings. The van der Waals surface area contributed by atoms with Crippen molar-refractivity contribution in [2.45, 2.75) is 25.8 Å². The monoisotopic (exact) mass is 269 g/mol. The largest absolute Gasteiger partial charge is 0.305 e. The van der Waals surface area contributed by atoms with Crippen molar-refractivity contribution in [1.29, 1.82) is 0 Å². The lowest BCUT2D eigenvalue weighted by atomic mass is 9.86. The molecule has 2 heteroatoms. The summed E-state index contributed by atoms with van der Waals surface area (Å²) in [6, 6.07) is 8.86. The molecule has 1 nitrogen and oxygen atoms in total. The highest BCUT2D eigenvalue weighted by Crippen LogP contribution is 2.26. The van der Waals surface area contributed by atoms with Crippen LogP contribution >= 0.6 is 15.9 Å². The molecule has 0 saturated carbocycles. The van der Waals surface area contributed by atoms with E-state index >= 15 is 0 Å². The molecule has 0 aliphatic heterocycles. The minimum atomic E-state index is 0.211. The van der Waals surface area contributed by atoms with Gasteiger partial charge in [0.15, 0.2) is 0 Å². The summed E-state index contributed by atoms with van der Waals surface area (Å²) < 4.78 is 0. The van der Waals surface area contributed by atoms with Gasteiger partial charge in [0, 0.05) is 11.9 Å². The Kier molecular flexibility index (Phi) is 4.35. The molecule has 0 unspecified atom stereocenters. The lowest BCUT2D eigenvalue weighted by molar-refractivity contribution is 0.402. The van der Waals surface area contributed by atoms with Gasteiger partial charge in [-0.25, -0.2) is 0 Å². The molecule has 0 spiro atoms. The van der Waals surface area contributed by atoms with E-state index in [0.29, 0.717) is 0 Å². The molecule has 0 aromatic heterocycles. The van der Waals surface area contributed by atoms with Gasteiger partial charge in [-0.2, -0.15) is 0 Å². The van der Waals surface area contributed by atoms with Gasteiger partial charge in [-0.3, -0.25) is 0 Å². The first-order chi connectivity index (χ1) is 6.95. The molecule has 84 valence electrons. The summed E-state index contributed by atoms with van der Waals surface area (Å²) in [6.07, 6.45) is 0. The van der Waals surface area contributed by atoms with Crippen LogP contribution in [-0.4, -0.2) is 24.3 Å². The van der Waals surface area contributed by atoms with Crippen molar-refractivity contribution in [3.63, 3.8) is 0 Å². The van der Waals surface area contributed by atoms with Crippen molar-refractivity contribution in [1.82, 2.24) is 4.90 Å². The zero-order chi connectivity index (χ0) is 11.5. The summed E-state index contributed by atoms with van der Waals surface area (Å²) >= 11 is 3.57. The predicted octanol–water partition coefficient (Wildman–Crippen LogP) is 3.42. The van der Waals surface area contributed by atoms with Crippen LogP contribution in [0.2, 0.25) is 0 Å². The number of rotatable bonds is 4. The average Bonchev–Trinajstić information content (AvgIpc) is 2.17. The molecule has 1 aromatic carbocycles. The Morgan fingerprint density at radius 1 is 1.27 bits per heavy atom. The molecular weight excluding hydrogens is 250 g/mol. The summed E-state index contributed by atoms with van der Waals surface area (Å²) in [4.78, 5) is 2.19. The molecule has 0 amide bonds. The molecule has 0 bridgehead atoms. The number of alkyl halides is 1. The third kappa shape index (κ3) is 3.62. The van der Waals surface area contributed by atoms with E-state index in [1.54, 1.807) is 0 Å². The zero-order valence-corrected chi connectivity index (χ0v) is 11.6. The Morgan fingerprint density at radius 2 is 1.93 bits per heavy atom. The van der Waals surface area contributed by atoms with E-state index in [4.69, 9.17) is 0 Å². The second-order valence-corrected chi connectivity index (χ2v) is 5.52. The summed E-state index contributed by atoms with van der Waals surface area (Å²) in [6.45, 7) is 5.53. The minimum absolute atomic E-state index is 0.211. The number of nitrogens with zero attached hydrogens (tertiary/aromatic N) is 1. The Bertz CT molecular complexity index is 318. The van der Waals surface area contributed by atoms with Crippen LogP contribution in [0.3, 0.4) is 0 Å². The molecule has 0 heterocycles. The van der Waals surface area contributed by atoms with Gasteiger partial charge < -0.3 is 4.90 Å². The second-order valence-electron chi connectivity index (χ2n) is 4.96. The van der Waals surface area contributed by atoms with Gasteiger partial charge in [0.1, 0.15) is 0 Å². The molecule has 0 fully saturated rings. The summed E-state index contributed by atoms with van der Waals surface area (Å²) in [5, 5.41) is 0.991. The van der Waals surface area contributed by atoms with E-state index < -0.39 is 0 Å². The van der Waals surface area contributed by atoms with Gasteiger partial charge in [-0.05, 0) is 30.6 Å². The topological polar surface area (TPSA) is 3.24 Å². The minimum Gasteiger partial charge on any atom is -0.305 e. The van der Waals surface area contributed by atoms with Crippen molar-refractivity contribution in [3.05, 3.63) is 35.4 Å². The van der Waals surface area contributed by atoms with Crippen LogP contribution < -0.4 is 0 Å². The fourth-order valence-electron chi connectivity index (χ4n) is 1.53. The maximum atomic E-state index is 3.57. The molecule has 0 N–H and O–H groups in total. The number of hydrogen-bond donors (Lipinski definition) is 0. The lowest BCUT2D eigenvalue weighted by Gasteiger charge is -2.23. The average molecular weight is 270 g/mol. The van der Waals surface area contributed by atoms with Gasteiger partial charge in [-0.1, -0.05) is 54.0 Å². The zero-order valence-electron chi connectivity index (χ0n) is 10.0. The lowest BCUT2D eigenvalue weighted by Crippen LogP contribution is -2.19. The van der Waals surface area contributed by atoms with Crippen LogP contribution in [0.1, 0.15) is 25.0 Å². The van der Waals surface area contributed by atoms with Crippen LogP contribution in [0.4, 0.5) is 0 Å². The van der Waals surface area contributed by atoms with E-state index in [2.05, 4.69) is 73.0 Å². The van der Waals surface area contributed by atoms with Gasteiger partial charge in [0.05, 0.1) is 0 Å². The highest BCUT2D eigenvalue weighted by Gasteiger charge is 2.18. The molecule has 0 saturated heterocycles. The van der Waals surface area contributed by atoms with Gasteiger partial charge in [0.25, 0.3) is 0 Å². The third-order valence-corrected chi connectivity index (χ3v) is 3.94. The smallest absolute Gasteiger partial charge is 0.0227 e. The normalized spacial score (nSPS) is 12.1. The molecule has 1 rings (SSSR count). The molecule has 0 atom stereocenters. The Labute approximate surface area is 102 Å². The summed E-state index contributed by atoms with van der Waals surface area (Å²) in [5.41, 5.74) is 2.99. The highest BCUT2D eigenvalue weighted by molar-refractivity contribution is 9.09. The van der Waals surface area contributed by atoms with E-state index in [0.717, 1.165) is 11.9 Å². The fourth-order valence-corrected chi connectivity index (χ4v) is 1.86. The van der Waals surface area contributed by atoms with E-state index in [1.165, 1.54) is 11.1 Å². The molecular formula is C13H20BrN. The van der Waals surface area contributed by atoms with Gasteiger partial charge in [0.2, 0.25) is 0 Å². The van der Waals surface area contributed by atoms with Crippen LogP contribution in [0.15, 0.2) is 24.3 Å². The maximum Gasteiger partial charge on any atom is 0.0227 e. The Morgan fingerprint density at radius 3 is 2.47 bits per heavy atom. The van der Waals surface area contributed by atoms with Crippen LogP contribution in [0, 0.1) is 0 Å². The van der Waals surface area contributed by atoms with Crippen molar-refractivity contribution in [3.8, 4) is 0 Å². The first kappa shape index (κ1) is 12.7. The molecule has 0 aliphatic rings. The molecule has 0 aliphatic carbocycles. The summed E-state index contributed by atoms with van der Waals surface area (Å²) in [7, 11) is 4.20. The van der Waals surface area contributed by atoms with E-state index in [-0.39, 0.29) is 5.41 Å². The fraction of sp³-hybridized carbons (Fsp3) is 0.538. The first-order valence-corrected chi connectivity index (χ1v) is 6.38. The maximum absolute atomic E-state index is 3.57. The molecule has 15 heavy (non-hydrogen) atoms. The van der Waals surface area contributed by atoms with Crippen molar-refractivity contribution in [2.75, 3.05) is 19.4 Å². The third-order valence-electron chi connectivity index (χ3n) is 2.54. The van der Waals surface area contributed by atoms with Crippen molar-refractivity contribution in [2.24, 2.45) is 0 Å². The SMILES string of the molecule is CN(C)Cc1cccc(C(C)(C)CBr)c1. The Hall–Kier alpha value is -0.340. The quantitative estimate of drug-likeness (QED) is 0.758. The van der Waals surface area contributed by atoms with Crippen LogP contribution in [-0.2, 0) is 12.0 Å². The van der Waals surface area contributed by atoms with Crippen molar-refractivity contribution < 1.29 is 0 Å². The van der Waals surface area contributed by atoms with Crippen molar-refractivity contribution >= 4 is 15.9 Å². The first-order valence-electron chi connectivity index (χ1n) is 5.26. The summed E-state index contributed by atoms with van der Waals surface area (Å²) in [5.74, 6) is 0. The van der Waals surface area contributed by atoms with Crippen LogP contribution in [0.25, 0.3) is 0 Å². The van der Waals surface area contributed by atoms with E-state index in [9.17, 15) is 0 Å². The predicted molar refractivity (Wildman–Crippen MR) is 70.7 cm³/mol. The van der Waals surface area contributed by atoms with Gasteiger partial charge >= 0.3 is 0 Å². The second kappa shape index (κ2) is 5.13. The van der Waals surface area contributed by atoms with Crippen LogP contribution in [0.5, 0.6) is 0 Å². The number of halogens is 1. The van der Waals surface area contributed by atoms with E-state index in [1.807, 2.05) is 0 Å². The highest BCUT2D eigenvalue weighted by atomic mass is 79.9. The number of benzene rings is 1.